The molecule has 0 aliphatic heterocycles. The highest BCUT2D eigenvalue weighted by Crippen LogP contribution is 2.48. The lowest BCUT2D eigenvalue weighted by Gasteiger charge is -2.22. The molecular formula is C6H10O. The zero-order chi connectivity index (χ0) is 4.85. The highest BCUT2D eigenvalue weighted by molar-refractivity contribution is 4.93. The van der Waals surface area contributed by atoms with E-state index in [1.807, 2.05) is 0 Å². The van der Waals surface area contributed by atoms with Gasteiger partial charge in [0.05, 0.1) is 6.10 Å². The zero-order valence-corrected chi connectivity index (χ0v) is 4.30. The average Bonchev–Trinajstić information content (AvgIpc) is 1.85. The third kappa shape index (κ3) is 0.367. The Morgan fingerprint density at radius 1 is 1.14 bits per heavy atom. The molecule has 3 fully saturated rings. The quantitative estimate of drug-likeness (QED) is 0.474. The Hall–Kier alpha value is -0.0400. The van der Waals surface area contributed by atoms with Gasteiger partial charge in [-0.1, -0.05) is 0 Å². The standard InChI is InChI=1S/C6H10O/c7-6-3-4-1-5(6)2-4/h4-7H,1-3H2/t4?,5?,6-/m1/s1. The molecule has 1 N–H and O–H groups in total. The van der Waals surface area contributed by atoms with Crippen molar-refractivity contribution >= 4 is 0 Å². The second-order valence-corrected chi connectivity index (χ2v) is 2.90. The smallest absolute Gasteiger partial charge is 0.0571 e. The Labute approximate surface area is 43.3 Å². The fourth-order valence-electron chi connectivity index (χ4n) is 1.83. The van der Waals surface area contributed by atoms with Crippen molar-refractivity contribution in [1.82, 2.24) is 0 Å². The molecule has 0 aromatic carbocycles. The van der Waals surface area contributed by atoms with Gasteiger partial charge in [-0.2, -0.15) is 0 Å². The number of fused-ring (bicyclic) bond motifs is 1. The van der Waals surface area contributed by atoms with Gasteiger partial charge in [-0.3, -0.25) is 0 Å². The predicted molar refractivity (Wildman–Crippen MR) is 26.8 cm³/mol. The highest BCUT2D eigenvalue weighted by Gasteiger charge is 2.42. The summed E-state index contributed by atoms with van der Waals surface area (Å²) in [6.45, 7) is 0. The van der Waals surface area contributed by atoms with Crippen LogP contribution in [0, 0.1) is 11.8 Å². The second-order valence-electron chi connectivity index (χ2n) is 2.90. The number of hydrogen-bond acceptors (Lipinski definition) is 1. The van der Waals surface area contributed by atoms with E-state index < -0.39 is 0 Å². The third-order valence-electron chi connectivity index (χ3n) is 2.39. The summed E-state index contributed by atoms with van der Waals surface area (Å²) in [5, 5.41) is 9.04. The molecule has 40 valence electrons. The van der Waals surface area contributed by atoms with E-state index >= 15 is 0 Å². The summed E-state index contributed by atoms with van der Waals surface area (Å²) in [5.41, 5.74) is 0. The van der Waals surface area contributed by atoms with Gasteiger partial charge in [0.1, 0.15) is 0 Å². The Balaban J connectivity index is 2.13. The van der Waals surface area contributed by atoms with Gasteiger partial charge < -0.3 is 5.11 Å². The maximum absolute atomic E-state index is 9.04. The first kappa shape index (κ1) is 3.90. The van der Waals surface area contributed by atoms with E-state index in [1.165, 1.54) is 12.8 Å². The molecule has 0 heterocycles. The zero-order valence-electron chi connectivity index (χ0n) is 4.30. The fourth-order valence-corrected chi connectivity index (χ4v) is 1.83. The van der Waals surface area contributed by atoms with Crippen LogP contribution in [0.1, 0.15) is 19.3 Å². The van der Waals surface area contributed by atoms with Gasteiger partial charge in [0.2, 0.25) is 0 Å². The second kappa shape index (κ2) is 1.03. The SMILES string of the molecule is O[C@@H]1CC2CC1C2. The number of aliphatic hydroxyl groups is 1. The highest BCUT2D eigenvalue weighted by atomic mass is 16.3. The summed E-state index contributed by atoms with van der Waals surface area (Å²) in [7, 11) is 0. The topological polar surface area (TPSA) is 20.2 Å². The molecule has 0 unspecified atom stereocenters. The minimum absolute atomic E-state index is 0.0880. The molecule has 3 saturated carbocycles. The summed E-state index contributed by atoms with van der Waals surface area (Å²) in [5.74, 6) is 1.63. The third-order valence-corrected chi connectivity index (χ3v) is 2.39. The molecule has 3 aliphatic rings. The van der Waals surface area contributed by atoms with Crippen molar-refractivity contribution in [3.8, 4) is 0 Å². The van der Waals surface area contributed by atoms with Crippen molar-refractivity contribution in [1.29, 1.82) is 0 Å². The lowest BCUT2D eigenvalue weighted by Crippen LogP contribution is -2.16. The van der Waals surface area contributed by atoms with Crippen LogP contribution in [0.15, 0.2) is 0 Å². The normalized spacial score (nSPS) is 57.0. The molecule has 1 nitrogen and oxygen atoms in total. The summed E-state index contributed by atoms with van der Waals surface area (Å²) in [6.07, 6.45) is 3.83. The molecule has 0 amide bonds. The van der Waals surface area contributed by atoms with Gasteiger partial charge >= 0.3 is 0 Å². The molecule has 0 aromatic heterocycles. The van der Waals surface area contributed by atoms with Crippen molar-refractivity contribution in [2.75, 3.05) is 0 Å². The van der Waals surface area contributed by atoms with Crippen LogP contribution in [-0.2, 0) is 0 Å². The molecule has 7 heavy (non-hydrogen) atoms. The summed E-state index contributed by atoms with van der Waals surface area (Å²) in [4.78, 5) is 0. The van der Waals surface area contributed by atoms with Gasteiger partial charge in [0, 0.05) is 0 Å². The van der Waals surface area contributed by atoms with Crippen molar-refractivity contribution in [2.45, 2.75) is 25.4 Å². The molecule has 3 aliphatic carbocycles. The Morgan fingerprint density at radius 3 is 2.00 bits per heavy atom. The molecule has 1 heteroatoms. The Kier molecular flexibility index (Phi) is 0.571. The minimum atomic E-state index is 0.0880. The van der Waals surface area contributed by atoms with Crippen LogP contribution >= 0.6 is 0 Å². The van der Waals surface area contributed by atoms with Crippen molar-refractivity contribution < 1.29 is 5.11 Å². The largest absolute Gasteiger partial charge is 0.393 e. The number of hydrogen-bond donors (Lipinski definition) is 1. The lowest BCUT2D eigenvalue weighted by atomic mass is 9.84. The van der Waals surface area contributed by atoms with Crippen LogP contribution in [0.5, 0.6) is 0 Å². The predicted octanol–water partition coefficient (Wildman–Crippen LogP) is 0.777. The minimum Gasteiger partial charge on any atom is -0.393 e. The molecule has 3 rings (SSSR count). The number of rotatable bonds is 0. The summed E-state index contributed by atoms with van der Waals surface area (Å²) >= 11 is 0. The average molecular weight is 98.1 g/mol. The van der Waals surface area contributed by atoms with Crippen molar-refractivity contribution in [3.63, 3.8) is 0 Å². The van der Waals surface area contributed by atoms with Gasteiger partial charge in [-0.25, -0.2) is 0 Å². The molecule has 0 radical (unpaired) electrons. The fraction of sp³-hybridized carbons (Fsp3) is 1.00. The molecule has 0 spiro atoms. The molecule has 1 atom stereocenters. The van der Waals surface area contributed by atoms with Crippen molar-refractivity contribution in [3.05, 3.63) is 0 Å². The monoisotopic (exact) mass is 98.1 g/mol. The van der Waals surface area contributed by atoms with Crippen LogP contribution in [0.4, 0.5) is 0 Å². The van der Waals surface area contributed by atoms with E-state index in [1.54, 1.807) is 0 Å². The molecule has 0 aromatic rings. The van der Waals surface area contributed by atoms with Gasteiger partial charge in [0.25, 0.3) is 0 Å². The van der Waals surface area contributed by atoms with E-state index in [-0.39, 0.29) is 6.10 Å². The molecular weight excluding hydrogens is 88.1 g/mol. The van der Waals surface area contributed by atoms with Crippen LogP contribution in [-0.4, -0.2) is 11.2 Å². The van der Waals surface area contributed by atoms with E-state index in [4.69, 9.17) is 5.11 Å². The van der Waals surface area contributed by atoms with Crippen LogP contribution in [0.3, 0.4) is 0 Å². The van der Waals surface area contributed by atoms with E-state index in [2.05, 4.69) is 0 Å². The maximum atomic E-state index is 9.04. The Morgan fingerprint density at radius 2 is 1.86 bits per heavy atom. The first-order valence-corrected chi connectivity index (χ1v) is 3.04. The first-order chi connectivity index (χ1) is 3.36. The van der Waals surface area contributed by atoms with Crippen LogP contribution < -0.4 is 0 Å². The summed E-state index contributed by atoms with van der Waals surface area (Å²) < 4.78 is 0. The van der Waals surface area contributed by atoms with Gasteiger partial charge in [-0.05, 0) is 31.1 Å². The maximum Gasteiger partial charge on any atom is 0.0571 e. The van der Waals surface area contributed by atoms with E-state index in [0.29, 0.717) is 5.92 Å². The number of aliphatic hydroxyl groups excluding tert-OH is 1. The van der Waals surface area contributed by atoms with Crippen molar-refractivity contribution in [2.24, 2.45) is 11.8 Å². The Bertz CT molecular complexity index is 84.2. The summed E-state index contributed by atoms with van der Waals surface area (Å²) in [6, 6.07) is 0. The van der Waals surface area contributed by atoms with Crippen LogP contribution in [0.2, 0.25) is 0 Å². The lowest BCUT2D eigenvalue weighted by molar-refractivity contribution is 0.133. The van der Waals surface area contributed by atoms with Crippen LogP contribution in [0.25, 0.3) is 0 Å². The molecule has 0 saturated heterocycles. The van der Waals surface area contributed by atoms with Gasteiger partial charge in [-0.15, -0.1) is 0 Å². The van der Waals surface area contributed by atoms with Gasteiger partial charge in [0.15, 0.2) is 0 Å². The van der Waals surface area contributed by atoms with E-state index in [0.717, 1.165) is 12.3 Å². The first-order valence-electron chi connectivity index (χ1n) is 3.04. The molecule has 2 bridgehead atoms. The van der Waals surface area contributed by atoms with E-state index in [9.17, 15) is 0 Å².